The molecule has 2 nitrogen and oxygen atoms in total. The van der Waals surface area contributed by atoms with E-state index in [2.05, 4.69) is 11.8 Å². The Bertz CT molecular complexity index is 351. The van der Waals surface area contributed by atoms with Gasteiger partial charge < -0.3 is 0 Å². The molecule has 0 amide bonds. The molecule has 0 spiro atoms. The van der Waals surface area contributed by atoms with Crippen molar-refractivity contribution in [2.45, 2.75) is 20.3 Å². The monoisotopic (exact) mass is 173 g/mol. The number of rotatable bonds is 0. The van der Waals surface area contributed by atoms with E-state index in [4.69, 9.17) is 5.26 Å². The van der Waals surface area contributed by atoms with Crippen LogP contribution in [0.5, 0.6) is 0 Å². The van der Waals surface area contributed by atoms with Crippen molar-refractivity contribution in [3.63, 3.8) is 0 Å². The van der Waals surface area contributed by atoms with Crippen molar-refractivity contribution < 1.29 is 4.79 Å². The second-order valence-electron chi connectivity index (χ2n) is 3.41. The summed E-state index contributed by atoms with van der Waals surface area (Å²) in [7, 11) is 0. The third-order valence-electron chi connectivity index (χ3n) is 2.15. The first-order valence-corrected chi connectivity index (χ1v) is 4.18. The maximum atomic E-state index is 11.2. The van der Waals surface area contributed by atoms with Gasteiger partial charge in [0.15, 0.2) is 5.78 Å². The number of nitrogens with zero attached hydrogens (tertiary/aromatic N) is 1. The van der Waals surface area contributed by atoms with Gasteiger partial charge in [-0.3, -0.25) is 4.79 Å². The van der Waals surface area contributed by atoms with Crippen LogP contribution >= 0.6 is 0 Å². The van der Waals surface area contributed by atoms with Crippen molar-refractivity contribution in [3.8, 4) is 17.9 Å². The van der Waals surface area contributed by atoms with Crippen molar-refractivity contribution in [2.75, 3.05) is 0 Å². The number of hydrogen-bond acceptors (Lipinski definition) is 2. The summed E-state index contributed by atoms with van der Waals surface area (Å²) in [6.07, 6.45) is 3.78. The second-order valence-corrected chi connectivity index (χ2v) is 3.41. The van der Waals surface area contributed by atoms with Gasteiger partial charge in [0.1, 0.15) is 5.92 Å². The molecular formula is C11H11NO. The Labute approximate surface area is 78.2 Å². The molecule has 1 aliphatic rings. The minimum Gasteiger partial charge on any atom is -0.293 e. The predicted molar refractivity (Wildman–Crippen MR) is 49.4 cm³/mol. The van der Waals surface area contributed by atoms with Gasteiger partial charge in [0, 0.05) is 5.41 Å². The fraction of sp³-hybridized carbons (Fsp3) is 0.455. The standard InChI is InChI=1S/C11H11NO/c1-3-5-11(2)6-4-10(13)9(7-11)8-12/h4,6,9H,7H2,1-2H3. The zero-order valence-electron chi connectivity index (χ0n) is 7.79. The number of ketones is 1. The summed E-state index contributed by atoms with van der Waals surface area (Å²) in [6, 6.07) is 2.00. The van der Waals surface area contributed by atoms with E-state index in [-0.39, 0.29) is 11.2 Å². The summed E-state index contributed by atoms with van der Waals surface area (Å²) in [4.78, 5) is 11.2. The van der Waals surface area contributed by atoms with Crippen molar-refractivity contribution in [1.82, 2.24) is 0 Å². The van der Waals surface area contributed by atoms with Crippen LogP contribution in [0.3, 0.4) is 0 Å². The first kappa shape index (κ1) is 9.55. The van der Waals surface area contributed by atoms with Gasteiger partial charge in [0.25, 0.3) is 0 Å². The quantitative estimate of drug-likeness (QED) is 0.523. The Balaban J connectivity index is 2.96. The molecule has 0 fully saturated rings. The lowest BCUT2D eigenvalue weighted by atomic mass is 9.76. The molecule has 0 saturated carbocycles. The Morgan fingerprint density at radius 3 is 2.92 bits per heavy atom. The Hall–Kier alpha value is -1.54. The summed E-state index contributed by atoms with van der Waals surface area (Å²) in [6.45, 7) is 3.70. The van der Waals surface area contributed by atoms with Crippen LogP contribution in [0.25, 0.3) is 0 Å². The van der Waals surface area contributed by atoms with Gasteiger partial charge in [-0.25, -0.2) is 0 Å². The van der Waals surface area contributed by atoms with E-state index in [9.17, 15) is 4.79 Å². The number of allylic oxidation sites excluding steroid dienone is 2. The topological polar surface area (TPSA) is 40.9 Å². The van der Waals surface area contributed by atoms with Crippen LogP contribution in [0, 0.1) is 34.5 Å². The lowest BCUT2D eigenvalue weighted by Gasteiger charge is -2.24. The first-order chi connectivity index (χ1) is 6.11. The van der Waals surface area contributed by atoms with Gasteiger partial charge in [-0.05, 0) is 26.3 Å². The molecule has 2 unspecified atom stereocenters. The minimum atomic E-state index is -0.518. The SMILES string of the molecule is CC#CC1(C)C=CC(=O)C(C#N)C1. The van der Waals surface area contributed by atoms with Crippen LogP contribution in [0.1, 0.15) is 20.3 Å². The summed E-state index contributed by atoms with van der Waals surface area (Å²) in [5, 5.41) is 8.71. The summed E-state index contributed by atoms with van der Waals surface area (Å²) in [5.41, 5.74) is -0.303. The molecule has 1 rings (SSSR count). The highest BCUT2D eigenvalue weighted by molar-refractivity contribution is 5.94. The average Bonchev–Trinajstić information content (AvgIpc) is 2.10. The molecular weight excluding hydrogens is 162 g/mol. The van der Waals surface area contributed by atoms with Crippen LogP contribution in [-0.4, -0.2) is 5.78 Å². The fourth-order valence-electron chi connectivity index (χ4n) is 1.46. The minimum absolute atomic E-state index is 0.0992. The molecule has 0 aliphatic heterocycles. The van der Waals surface area contributed by atoms with Crippen LogP contribution in [0.15, 0.2) is 12.2 Å². The van der Waals surface area contributed by atoms with Crippen LogP contribution in [-0.2, 0) is 4.79 Å². The maximum Gasteiger partial charge on any atom is 0.172 e. The summed E-state index contributed by atoms with van der Waals surface area (Å²) < 4.78 is 0. The lowest BCUT2D eigenvalue weighted by Crippen LogP contribution is -2.25. The molecule has 66 valence electrons. The smallest absolute Gasteiger partial charge is 0.172 e. The van der Waals surface area contributed by atoms with E-state index < -0.39 is 5.92 Å². The number of nitriles is 1. The van der Waals surface area contributed by atoms with Gasteiger partial charge >= 0.3 is 0 Å². The highest BCUT2D eigenvalue weighted by Gasteiger charge is 2.31. The Morgan fingerprint density at radius 1 is 1.69 bits per heavy atom. The first-order valence-electron chi connectivity index (χ1n) is 4.18. The highest BCUT2D eigenvalue weighted by atomic mass is 16.1. The predicted octanol–water partition coefficient (Wildman–Crippen LogP) is 1.68. The molecule has 2 heteroatoms. The molecule has 1 aliphatic carbocycles. The molecule has 0 aromatic carbocycles. The molecule has 0 bridgehead atoms. The molecule has 0 aromatic rings. The highest BCUT2D eigenvalue weighted by Crippen LogP contribution is 2.31. The second kappa shape index (κ2) is 3.46. The molecule has 0 aromatic heterocycles. The van der Waals surface area contributed by atoms with Crippen LogP contribution in [0.4, 0.5) is 0 Å². The lowest BCUT2D eigenvalue weighted by molar-refractivity contribution is -0.117. The number of carbonyl (C=O) groups is 1. The van der Waals surface area contributed by atoms with Crippen molar-refractivity contribution >= 4 is 5.78 Å². The molecule has 0 N–H and O–H groups in total. The van der Waals surface area contributed by atoms with E-state index in [1.807, 2.05) is 13.0 Å². The van der Waals surface area contributed by atoms with Gasteiger partial charge in [-0.1, -0.05) is 12.0 Å². The Morgan fingerprint density at radius 2 is 2.38 bits per heavy atom. The maximum absolute atomic E-state index is 11.2. The molecule has 0 heterocycles. The van der Waals surface area contributed by atoms with Crippen LogP contribution in [0.2, 0.25) is 0 Å². The molecule has 13 heavy (non-hydrogen) atoms. The zero-order valence-corrected chi connectivity index (χ0v) is 7.79. The van der Waals surface area contributed by atoms with Gasteiger partial charge in [-0.2, -0.15) is 5.26 Å². The third-order valence-corrected chi connectivity index (χ3v) is 2.15. The molecule has 0 radical (unpaired) electrons. The average molecular weight is 173 g/mol. The zero-order chi connectivity index (χ0) is 9.90. The normalized spacial score (nSPS) is 31.8. The largest absolute Gasteiger partial charge is 0.293 e. The summed E-state index contributed by atoms with van der Waals surface area (Å²) in [5.74, 6) is 5.20. The molecule has 0 saturated heterocycles. The number of carbonyl (C=O) groups excluding carboxylic acids is 1. The van der Waals surface area contributed by atoms with E-state index in [1.54, 1.807) is 13.0 Å². The van der Waals surface area contributed by atoms with E-state index in [1.165, 1.54) is 6.08 Å². The third kappa shape index (κ3) is 1.98. The van der Waals surface area contributed by atoms with Crippen molar-refractivity contribution in [2.24, 2.45) is 11.3 Å². The fourth-order valence-corrected chi connectivity index (χ4v) is 1.46. The number of hydrogen-bond donors (Lipinski definition) is 0. The van der Waals surface area contributed by atoms with Gasteiger partial charge in [-0.15, -0.1) is 5.92 Å². The van der Waals surface area contributed by atoms with E-state index >= 15 is 0 Å². The van der Waals surface area contributed by atoms with Crippen LogP contribution < -0.4 is 0 Å². The molecule has 2 atom stereocenters. The summed E-state index contributed by atoms with van der Waals surface area (Å²) >= 11 is 0. The van der Waals surface area contributed by atoms with Gasteiger partial charge in [0.2, 0.25) is 0 Å². The van der Waals surface area contributed by atoms with Crippen molar-refractivity contribution in [3.05, 3.63) is 12.2 Å². The van der Waals surface area contributed by atoms with E-state index in [0.29, 0.717) is 6.42 Å². The van der Waals surface area contributed by atoms with E-state index in [0.717, 1.165) is 0 Å². The Kier molecular flexibility index (Phi) is 2.54. The van der Waals surface area contributed by atoms with Crippen molar-refractivity contribution in [1.29, 1.82) is 5.26 Å². The van der Waals surface area contributed by atoms with Gasteiger partial charge in [0.05, 0.1) is 6.07 Å².